The Bertz CT molecular complexity index is 263. The summed E-state index contributed by atoms with van der Waals surface area (Å²) in [7, 11) is 0. The van der Waals surface area contributed by atoms with Crippen LogP contribution >= 0.6 is 0 Å². The van der Waals surface area contributed by atoms with Gasteiger partial charge in [-0.15, -0.1) is 0 Å². The first-order valence-corrected chi connectivity index (χ1v) is 7.23. The van der Waals surface area contributed by atoms with Crippen molar-refractivity contribution in [2.45, 2.75) is 38.6 Å². The van der Waals surface area contributed by atoms with E-state index in [1.54, 1.807) is 0 Å². The van der Waals surface area contributed by atoms with Crippen LogP contribution in [0.5, 0.6) is 0 Å². The van der Waals surface area contributed by atoms with E-state index in [-0.39, 0.29) is 11.5 Å². The highest BCUT2D eigenvalue weighted by atomic mass is 16.5. The van der Waals surface area contributed by atoms with Gasteiger partial charge < -0.3 is 15.8 Å². The van der Waals surface area contributed by atoms with Crippen molar-refractivity contribution in [3.05, 3.63) is 0 Å². The van der Waals surface area contributed by atoms with E-state index in [9.17, 15) is 0 Å². The summed E-state index contributed by atoms with van der Waals surface area (Å²) in [6.07, 6.45) is 5.90. The lowest BCUT2D eigenvalue weighted by molar-refractivity contribution is 0.156. The molecule has 0 aromatic heterocycles. The van der Waals surface area contributed by atoms with Crippen LogP contribution in [-0.2, 0) is 4.74 Å². The van der Waals surface area contributed by atoms with Gasteiger partial charge in [0.25, 0.3) is 0 Å². The first-order chi connectivity index (χ1) is 8.19. The molecule has 1 saturated heterocycles. The van der Waals surface area contributed by atoms with Gasteiger partial charge in [0.1, 0.15) is 0 Å². The molecule has 1 aliphatic heterocycles. The fraction of sp³-hybridized carbons (Fsp3) is 1.00. The lowest BCUT2D eigenvalue weighted by atomic mass is 9.85. The van der Waals surface area contributed by atoms with Gasteiger partial charge in [-0.2, -0.15) is 0 Å². The molecule has 3 fully saturated rings. The van der Waals surface area contributed by atoms with Gasteiger partial charge in [0.2, 0.25) is 0 Å². The lowest BCUT2D eigenvalue weighted by Crippen LogP contribution is -2.46. The minimum absolute atomic E-state index is 0.150. The predicted octanol–water partition coefficient (Wildman–Crippen LogP) is 1.38. The fourth-order valence-corrected chi connectivity index (χ4v) is 3.20. The highest BCUT2D eigenvalue weighted by molar-refractivity contribution is 4.95. The molecule has 98 valence electrons. The van der Waals surface area contributed by atoms with Crippen LogP contribution in [0.4, 0.5) is 0 Å². The van der Waals surface area contributed by atoms with Crippen molar-refractivity contribution in [1.29, 1.82) is 0 Å². The zero-order valence-electron chi connectivity index (χ0n) is 11.0. The number of hydrogen-bond donors (Lipinski definition) is 2. The van der Waals surface area contributed by atoms with Crippen LogP contribution in [0.2, 0.25) is 0 Å². The Hall–Kier alpha value is -0.120. The smallest absolute Gasteiger partial charge is 0.0624 e. The summed E-state index contributed by atoms with van der Waals surface area (Å²) in [5, 5.41) is 3.68. The second-order valence-corrected chi connectivity index (χ2v) is 6.75. The molecule has 0 spiro atoms. The minimum Gasteiger partial charge on any atom is -0.379 e. The maximum absolute atomic E-state index is 6.11. The molecule has 2 saturated carbocycles. The van der Waals surface area contributed by atoms with Crippen LogP contribution in [-0.4, -0.2) is 32.3 Å². The maximum Gasteiger partial charge on any atom is 0.0624 e. The van der Waals surface area contributed by atoms with Gasteiger partial charge in [0, 0.05) is 18.0 Å². The van der Waals surface area contributed by atoms with E-state index >= 15 is 0 Å². The normalized spacial score (nSPS) is 37.9. The van der Waals surface area contributed by atoms with Crippen molar-refractivity contribution < 1.29 is 4.74 Å². The van der Waals surface area contributed by atoms with E-state index in [0.29, 0.717) is 0 Å². The van der Waals surface area contributed by atoms with Gasteiger partial charge in [-0.3, -0.25) is 0 Å². The molecule has 0 bridgehead atoms. The van der Waals surface area contributed by atoms with Gasteiger partial charge in [0.05, 0.1) is 13.2 Å². The summed E-state index contributed by atoms with van der Waals surface area (Å²) >= 11 is 0. The number of ether oxygens (including phenoxy) is 1. The standard InChI is InChI=1S/C14H26N2O/c1-14(9-17-7-13(14)15)8-16-6-12(10-2-3-10)11-4-5-11/h10-13,16H,2-9,15H2,1H3. The zero-order valence-corrected chi connectivity index (χ0v) is 11.0. The quantitative estimate of drug-likeness (QED) is 0.735. The summed E-state index contributed by atoms with van der Waals surface area (Å²) in [5.41, 5.74) is 6.26. The fourth-order valence-electron chi connectivity index (χ4n) is 3.20. The van der Waals surface area contributed by atoms with E-state index in [4.69, 9.17) is 10.5 Å². The second-order valence-electron chi connectivity index (χ2n) is 6.75. The van der Waals surface area contributed by atoms with Gasteiger partial charge in [0.15, 0.2) is 0 Å². The van der Waals surface area contributed by atoms with Crippen molar-refractivity contribution >= 4 is 0 Å². The van der Waals surface area contributed by atoms with Gasteiger partial charge in [-0.25, -0.2) is 0 Å². The number of nitrogens with one attached hydrogen (secondary N) is 1. The summed E-state index contributed by atoms with van der Waals surface area (Å²) in [4.78, 5) is 0. The Kier molecular flexibility index (Phi) is 3.18. The van der Waals surface area contributed by atoms with Crippen LogP contribution < -0.4 is 11.1 Å². The van der Waals surface area contributed by atoms with Crippen molar-refractivity contribution in [3.8, 4) is 0 Å². The first kappa shape index (κ1) is 11.9. The van der Waals surface area contributed by atoms with Crippen molar-refractivity contribution in [3.63, 3.8) is 0 Å². The Labute approximate surface area is 104 Å². The molecule has 2 atom stereocenters. The van der Waals surface area contributed by atoms with Gasteiger partial charge >= 0.3 is 0 Å². The highest BCUT2D eigenvalue weighted by Crippen LogP contribution is 2.48. The van der Waals surface area contributed by atoms with Crippen LogP contribution in [0, 0.1) is 23.2 Å². The lowest BCUT2D eigenvalue weighted by Gasteiger charge is -2.28. The largest absolute Gasteiger partial charge is 0.379 e. The summed E-state index contributed by atoms with van der Waals surface area (Å²) in [6, 6.07) is 0.204. The Morgan fingerprint density at radius 1 is 1.29 bits per heavy atom. The van der Waals surface area contributed by atoms with E-state index in [1.165, 1.54) is 32.2 Å². The molecule has 3 N–H and O–H groups in total. The third kappa shape index (κ3) is 2.67. The molecule has 0 radical (unpaired) electrons. The summed E-state index contributed by atoms with van der Waals surface area (Å²) in [6.45, 7) is 6.02. The topological polar surface area (TPSA) is 47.3 Å². The average Bonchev–Trinajstić information content (AvgIpc) is 3.17. The number of hydrogen-bond acceptors (Lipinski definition) is 3. The summed E-state index contributed by atoms with van der Waals surface area (Å²) < 4.78 is 5.48. The molecule has 3 nitrogen and oxygen atoms in total. The van der Waals surface area contributed by atoms with Crippen LogP contribution in [0.25, 0.3) is 0 Å². The van der Waals surface area contributed by atoms with Crippen LogP contribution in [0.3, 0.4) is 0 Å². The van der Waals surface area contributed by atoms with Gasteiger partial charge in [-0.1, -0.05) is 6.92 Å². The molecule has 3 heteroatoms. The predicted molar refractivity (Wildman–Crippen MR) is 68.7 cm³/mol. The van der Waals surface area contributed by atoms with Gasteiger partial charge in [-0.05, 0) is 50.0 Å². The molecule has 1 heterocycles. The minimum atomic E-state index is 0.150. The first-order valence-electron chi connectivity index (χ1n) is 7.23. The van der Waals surface area contributed by atoms with Crippen molar-refractivity contribution in [2.75, 3.05) is 26.3 Å². The Morgan fingerprint density at radius 3 is 2.41 bits per heavy atom. The molecule has 17 heavy (non-hydrogen) atoms. The number of rotatable bonds is 6. The van der Waals surface area contributed by atoms with E-state index < -0.39 is 0 Å². The highest BCUT2D eigenvalue weighted by Gasteiger charge is 2.42. The molecule has 3 aliphatic rings. The monoisotopic (exact) mass is 238 g/mol. The molecular weight excluding hydrogens is 212 g/mol. The van der Waals surface area contributed by atoms with E-state index in [1.807, 2.05) is 0 Å². The molecule has 2 unspecified atom stereocenters. The van der Waals surface area contributed by atoms with Crippen molar-refractivity contribution in [1.82, 2.24) is 5.32 Å². The van der Waals surface area contributed by atoms with Crippen molar-refractivity contribution in [2.24, 2.45) is 28.9 Å². The third-order valence-electron chi connectivity index (χ3n) is 4.99. The molecular formula is C14H26N2O. The molecule has 0 aromatic carbocycles. The van der Waals surface area contributed by atoms with E-state index in [2.05, 4.69) is 12.2 Å². The van der Waals surface area contributed by atoms with Crippen LogP contribution in [0.15, 0.2) is 0 Å². The Morgan fingerprint density at radius 2 is 1.94 bits per heavy atom. The second kappa shape index (κ2) is 4.52. The SMILES string of the molecule is CC1(CNCC(C2CC2)C2CC2)COCC1N. The zero-order chi connectivity index (χ0) is 11.9. The average molecular weight is 238 g/mol. The Balaban J connectivity index is 1.44. The molecule has 0 aromatic rings. The molecule has 2 aliphatic carbocycles. The third-order valence-corrected chi connectivity index (χ3v) is 4.99. The van der Waals surface area contributed by atoms with Crippen LogP contribution in [0.1, 0.15) is 32.6 Å². The molecule has 3 rings (SSSR count). The maximum atomic E-state index is 6.11. The number of nitrogens with two attached hydrogens (primary N) is 1. The van der Waals surface area contributed by atoms with E-state index in [0.717, 1.165) is 37.5 Å². The summed E-state index contributed by atoms with van der Waals surface area (Å²) in [5.74, 6) is 3.03. The molecule has 0 amide bonds.